The Bertz CT molecular complexity index is 1160. The fourth-order valence-electron chi connectivity index (χ4n) is 3.38. The Hall–Kier alpha value is -2.81. The van der Waals surface area contributed by atoms with Crippen molar-refractivity contribution in [3.05, 3.63) is 112 Å². The molecule has 4 aromatic carbocycles. The van der Waals surface area contributed by atoms with Crippen LogP contribution in [-0.4, -0.2) is 5.78 Å². The molecule has 0 saturated heterocycles. The van der Waals surface area contributed by atoms with Crippen molar-refractivity contribution in [2.75, 3.05) is 5.32 Å². The van der Waals surface area contributed by atoms with Gasteiger partial charge in [-0.05, 0) is 46.7 Å². The molecule has 0 aromatic heterocycles. The van der Waals surface area contributed by atoms with Crippen LogP contribution in [0.3, 0.4) is 0 Å². The Morgan fingerprint density at radius 1 is 0.759 bits per heavy atom. The molecular weight excluding hydrogens is 401 g/mol. The molecule has 4 rings (SSSR count). The van der Waals surface area contributed by atoms with Gasteiger partial charge in [0, 0.05) is 17.7 Å². The quantitative estimate of drug-likeness (QED) is 0.326. The Morgan fingerprint density at radius 3 is 2.24 bits per heavy atom. The predicted octanol–water partition coefficient (Wildman–Crippen LogP) is 7.57. The van der Waals surface area contributed by atoms with Crippen LogP contribution in [0.25, 0.3) is 10.8 Å². The van der Waals surface area contributed by atoms with Crippen molar-refractivity contribution in [2.45, 2.75) is 12.5 Å². The zero-order valence-corrected chi connectivity index (χ0v) is 17.1. The van der Waals surface area contributed by atoms with Gasteiger partial charge in [0.05, 0.1) is 16.1 Å². The van der Waals surface area contributed by atoms with E-state index in [1.807, 2.05) is 84.9 Å². The number of hydrogen-bond donors (Lipinski definition) is 1. The van der Waals surface area contributed by atoms with E-state index in [9.17, 15) is 4.79 Å². The van der Waals surface area contributed by atoms with Crippen molar-refractivity contribution >= 4 is 45.4 Å². The summed E-state index contributed by atoms with van der Waals surface area (Å²) >= 11 is 12.3. The van der Waals surface area contributed by atoms with E-state index in [1.165, 1.54) is 0 Å². The second kappa shape index (κ2) is 8.69. The molecule has 2 nitrogen and oxygen atoms in total. The smallest absolute Gasteiger partial charge is 0.165 e. The minimum Gasteiger partial charge on any atom is -0.378 e. The fourth-order valence-corrected chi connectivity index (χ4v) is 3.69. The molecule has 0 amide bonds. The Morgan fingerprint density at radius 2 is 1.48 bits per heavy atom. The van der Waals surface area contributed by atoms with Crippen LogP contribution < -0.4 is 5.32 Å². The predicted molar refractivity (Wildman–Crippen MR) is 122 cm³/mol. The molecule has 1 unspecified atom stereocenters. The molecule has 0 spiro atoms. The normalized spacial score (nSPS) is 11.9. The van der Waals surface area contributed by atoms with Crippen LogP contribution in [0.1, 0.15) is 28.4 Å². The van der Waals surface area contributed by atoms with Gasteiger partial charge in [-0.3, -0.25) is 4.79 Å². The first-order valence-corrected chi connectivity index (χ1v) is 10.1. The fraction of sp³-hybridized carbons (Fsp3) is 0.0800. The van der Waals surface area contributed by atoms with Gasteiger partial charge >= 0.3 is 0 Å². The number of carbonyl (C=O) groups excluding carboxylic acids is 1. The number of benzene rings is 4. The highest BCUT2D eigenvalue weighted by Gasteiger charge is 2.18. The third-order valence-corrected chi connectivity index (χ3v) is 5.66. The molecule has 1 atom stereocenters. The number of halogens is 2. The number of carbonyl (C=O) groups is 1. The highest BCUT2D eigenvalue weighted by atomic mass is 35.5. The molecule has 0 aliphatic heterocycles. The number of fused-ring (bicyclic) bond motifs is 1. The van der Waals surface area contributed by atoms with Gasteiger partial charge in [0.15, 0.2) is 5.78 Å². The van der Waals surface area contributed by atoms with Crippen molar-refractivity contribution in [3.63, 3.8) is 0 Å². The summed E-state index contributed by atoms with van der Waals surface area (Å²) in [6.07, 6.45) is 0.297. The first-order valence-electron chi connectivity index (χ1n) is 9.39. The Balaban J connectivity index is 1.64. The zero-order chi connectivity index (χ0) is 20.2. The lowest BCUT2D eigenvalue weighted by Gasteiger charge is -2.20. The standard InChI is InChI=1S/C25H19Cl2NO/c26-22-13-12-19(15-23(22)27)24(28-21-8-2-1-3-9-21)16-25(29)20-11-10-17-6-4-5-7-18(17)14-20/h1-15,24,28H,16H2. The van der Waals surface area contributed by atoms with E-state index in [-0.39, 0.29) is 11.8 Å². The molecule has 0 heterocycles. The zero-order valence-electron chi connectivity index (χ0n) is 15.6. The summed E-state index contributed by atoms with van der Waals surface area (Å²) < 4.78 is 0. The number of para-hydroxylation sites is 1. The molecule has 0 aliphatic carbocycles. The third kappa shape index (κ3) is 4.61. The van der Waals surface area contributed by atoms with Gasteiger partial charge in [0.1, 0.15) is 0 Å². The minimum absolute atomic E-state index is 0.0651. The molecule has 0 bridgehead atoms. The summed E-state index contributed by atoms with van der Waals surface area (Å²) in [5.74, 6) is 0.0651. The van der Waals surface area contributed by atoms with Crippen LogP contribution in [0.15, 0.2) is 91.0 Å². The average molecular weight is 420 g/mol. The van der Waals surface area contributed by atoms with Crippen LogP contribution in [0.4, 0.5) is 5.69 Å². The van der Waals surface area contributed by atoms with Gasteiger partial charge < -0.3 is 5.32 Å². The lowest BCUT2D eigenvalue weighted by atomic mass is 9.96. The average Bonchev–Trinajstić information content (AvgIpc) is 2.75. The van der Waals surface area contributed by atoms with Gasteiger partial charge in [-0.15, -0.1) is 0 Å². The molecule has 0 aliphatic rings. The summed E-state index contributed by atoms with van der Waals surface area (Å²) in [6, 6.07) is 28.9. The molecule has 4 aromatic rings. The summed E-state index contributed by atoms with van der Waals surface area (Å²) in [7, 11) is 0. The van der Waals surface area contributed by atoms with Crippen molar-refractivity contribution in [3.8, 4) is 0 Å². The minimum atomic E-state index is -0.230. The van der Waals surface area contributed by atoms with Crippen molar-refractivity contribution < 1.29 is 4.79 Å². The molecule has 4 heteroatoms. The first kappa shape index (κ1) is 19.5. The van der Waals surface area contributed by atoms with Crippen molar-refractivity contribution in [1.82, 2.24) is 0 Å². The highest BCUT2D eigenvalue weighted by Crippen LogP contribution is 2.30. The third-order valence-electron chi connectivity index (χ3n) is 4.92. The van der Waals surface area contributed by atoms with Crippen molar-refractivity contribution in [2.24, 2.45) is 0 Å². The van der Waals surface area contributed by atoms with Crippen LogP contribution in [0, 0.1) is 0 Å². The SMILES string of the molecule is O=C(CC(Nc1ccccc1)c1ccc(Cl)c(Cl)c1)c1ccc2ccccc2c1. The summed E-state index contributed by atoms with van der Waals surface area (Å²) in [6.45, 7) is 0. The molecule has 0 fully saturated rings. The van der Waals surface area contributed by atoms with Crippen LogP contribution >= 0.6 is 23.2 Å². The summed E-state index contributed by atoms with van der Waals surface area (Å²) in [5, 5.41) is 6.60. The van der Waals surface area contributed by atoms with E-state index >= 15 is 0 Å². The first-order chi connectivity index (χ1) is 14.1. The molecular formula is C25H19Cl2NO. The molecule has 0 radical (unpaired) electrons. The number of rotatable bonds is 6. The Labute approximate surface area is 180 Å². The van der Waals surface area contributed by atoms with E-state index in [4.69, 9.17) is 23.2 Å². The van der Waals surface area contributed by atoms with E-state index in [0.29, 0.717) is 22.0 Å². The van der Waals surface area contributed by atoms with Crippen LogP contribution in [0.5, 0.6) is 0 Å². The summed E-state index contributed by atoms with van der Waals surface area (Å²) in [4.78, 5) is 13.1. The van der Waals surface area contributed by atoms with Gasteiger partial charge in [0.2, 0.25) is 0 Å². The van der Waals surface area contributed by atoms with E-state index in [2.05, 4.69) is 5.32 Å². The van der Waals surface area contributed by atoms with Gasteiger partial charge in [-0.1, -0.05) is 83.9 Å². The monoisotopic (exact) mass is 419 g/mol. The van der Waals surface area contributed by atoms with Crippen LogP contribution in [-0.2, 0) is 0 Å². The number of Topliss-reactive ketones (excluding diaryl/α,β-unsaturated/α-hetero) is 1. The maximum atomic E-state index is 13.1. The lowest BCUT2D eigenvalue weighted by molar-refractivity contribution is 0.0976. The number of nitrogens with one attached hydrogen (secondary N) is 1. The molecule has 144 valence electrons. The molecule has 29 heavy (non-hydrogen) atoms. The van der Waals surface area contributed by atoms with Gasteiger partial charge in [-0.2, -0.15) is 0 Å². The maximum Gasteiger partial charge on any atom is 0.165 e. The van der Waals surface area contributed by atoms with Crippen molar-refractivity contribution in [1.29, 1.82) is 0 Å². The largest absolute Gasteiger partial charge is 0.378 e. The van der Waals surface area contributed by atoms with Gasteiger partial charge in [-0.25, -0.2) is 0 Å². The second-order valence-corrected chi connectivity index (χ2v) is 7.74. The summed E-state index contributed by atoms with van der Waals surface area (Å²) in [5.41, 5.74) is 2.55. The molecule has 0 saturated carbocycles. The molecule has 1 N–H and O–H groups in total. The topological polar surface area (TPSA) is 29.1 Å². The van der Waals surface area contributed by atoms with E-state index in [0.717, 1.165) is 22.0 Å². The Kier molecular flexibility index (Phi) is 5.84. The lowest BCUT2D eigenvalue weighted by Crippen LogP contribution is -2.16. The highest BCUT2D eigenvalue weighted by molar-refractivity contribution is 6.42. The second-order valence-electron chi connectivity index (χ2n) is 6.93. The number of hydrogen-bond acceptors (Lipinski definition) is 2. The van der Waals surface area contributed by atoms with E-state index in [1.54, 1.807) is 6.07 Å². The number of anilines is 1. The van der Waals surface area contributed by atoms with Crippen LogP contribution in [0.2, 0.25) is 10.0 Å². The van der Waals surface area contributed by atoms with Gasteiger partial charge in [0.25, 0.3) is 0 Å². The maximum absolute atomic E-state index is 13.1. The van der Waals surface area contributed by atoms with E-state index < -0.39 is 0 Å². The number of ketones is 1.